The standard InChI is InChI=1S/C17H22ClNO4/c1-12-11-23-15(13-5-2-3-6-14(13)18)10-19(12)16(20)9-17-21-7-4-8-22-17/h2-3,5-6,12,15,17H,4,7-11H2,1H3/t12-,15-/m0/s1. The number of rotatable bonds is 3. The molecule has 5 nitrogen and oxygen atoms in total. The molecule has 0 spiro atoms. The van der Waals surface area contributed by atoms with E-state index >= 15 is 0 Å². The molecule has 2 atom stereocenters. The zero-order chi connectivity index (χ0) is 16.2. The topological polar surface area (TPSA) is 48.0 Å². The van der Waals surface area contributed by atoms with Gasteiger partial charge in [0, 0.05) is 10.6 Å². The molecule has 126 valence electrons. The van der Waals surface area contributed by atoms with Crippen molar-refractivity contribution in [3.05, 3.63) is 34.9 Å². The van der Waals surface area contributed by atoms with Gasteiger partial charge in [-0.3, -0.25) is 4.79 Å². The molecule has 2 fully saturated rings. The lowest BCUT2D eigenvalue weighted by Crippen LogP contribution is -2.49. The molecule has 0 saturated carbocycles. The van der Waals surface area contributed by atoms with Crippen molar-refractivity contribution in [2.45, 2.75) is 38.2 Å². The van der Waals surface area contributed by atoms with E-state index in [1.807, 2.05) is 36.1 Å². The van der Waals surface area contributed by atoms with Crippen LogP contribution in [-0.4, -0.2) is 49.5 Å². The first kappa shape index (κ1) is 16.7. The van der Waals surface area contributed by atoms with E-state index in [2.05, 4.69) is 0 Å². The molecule has 2 heterocycles. The Morgan fingerprint density at radius 1 is 1.26 bits per heavy atom. The Kier molecular flexibility index (Phi) is 5.54. The lowest BCUT2D eigenvalue weighted by molar-refractivity contribution is -0.190. The molecule has 23 heavy (non-hydrogen) atoms. The highest BCUT2D eigenvalue weighted by atomic mass is 35.5. The number of hydrogen-bond donors (Lipinski definition) is 0. The fourth-order valence-electron chi connectivity index (χ4n) is 2.94. The molecule has 2 aliphatic rings. The highest BCUT2D eigenvalue weighted by molar-refractivity contribution is 6.31. The van der Waals surface area contributed by atoms with Crippen molar-refractivity contribution in [1.29, 1.82) is 0 Å². The fraction of sp³-hybridized carbons (Fsp3) is 0.588. The van der Waals surface area contributed by atoms with Gasteiger partial charge in [-0.15, -0.1) is 0 Å². The van der Waals surface area contributed by atoms with Crippen molar-refractivity contribution >= 4 is 17.5 Å². The Bertz CT molecular complexity index is 547. The van der Waals surface area contributed by atoms with Crippen molar-refractivity contribution in [3.8, 4) is 0 Å². The molecule has 0 unspecified atom stereocenters. The van der Waals surface area contributed by atoms with Crippen LogP contribution in [0, 0.1) is 0 Å². The quantitative estimate of drug-likeness (QED) is 0.849. The van der Waals surface area contributed by atoms with Gasteiger partial charge in [-0.05, 0) is 19.4 Å². The van der Waals surface area contributed by atoms with Gasteiger partial charge in [-0.1, -0.05) is 29.8 Å². The van der Waals surface area contributed by atoms with Crippen LogP contribution < -0.4 is 0 Å². The van der Waals surface area contributed by atoms with Gasteiger partial charge in [-0.25, -0.2) is 0 Å². The summed E-state index contributed by atoms with van der Waals surface area (Å²) in [7, 11) is 0. The second-order valence-electron chi connectivity index (χ2n) is 5.97. The normalized spacial score (nSPS) is 26.3. The summed E-state index contributed by atoms with van der Waals surface area (Å²) in [5, 5.41) is 0.665. The zero-order valence-corrected chi connectivity index (χ0v) is 14.0. The molecule has 0 aliphatic carbocycles. The minimum absolute atomic E-state index is 0.0322. The third-order valence-electron chi connectivity index (χ3n) is 4.24. The summed E-state index contributed by atoms with van der Waals surface area (Å²) in [6, 6.07) is 7.63. The molecule has 0 radical (unpaired) electrons. The maximum Gasteiger partial charge on any atom is 0.228 e. The summed E-state index contributed by atoms with van der Waals surface area (Å²) in [4.78, 5) is 14.5. The van der Waals surface area contributed by atoms with Crippen molar-refractivity contribution in [1.82, 2.24) is 4.90 Å². The van der Waals surface area contributed by atoms with E-state index in [0.717, 1.165) is 12.0 Å². The number of morpholine rings is 1. The first-order valence-corrected chi connectivity index (χ1v) is 8.41. The summed E-state index contributed by atoms with van der Waals surface area (Å²) >= 11 is 6.25. The van der Waals surface area contributed by atoms with Crippen LogP contribution in [0.2, 0.25) is 5.02 Å². The lowest BCUT2D eigenvalue weighted by Gasteiger charge is -2.39. The second-order valence-corrected chi connectivity index (χ2v) is 6.37. The number of benzene rings is 1. The van der Waals surface area contributed by atoms with Gasteiger partial charge < -0.3 is 19.1 Å². The van der Waals surface area contributed by atoms with E-state index < -0.39 is 6.29 Å². The summed E-state index contributed by atoms with van der Waals surface area (Å²) in [5.74, 6) is 0.0322. The first-order chi connectivity index (χ1) is 11.1. The SMILES string of the molecule is C[C@H]1CO[C@H](c2ccccc2Cl)CN1C(=O)CC1OCCCO1. The van der Waals surface area contributed by atoms with E-state index in [9.17, 15) is 4.79 Å². The van der Waals surface area contributed by atoms with Crippen molar-refractivity contribution in [3.63, 3.8) is 0 Å². The predicted octanol–water partition coefficient (Wildman–Crippen LogP) is 2.78. The van der Waals surface area contributed by atoms with Crippen LogP contribution in [0.4, 0.5) is 0 Å². The Hall–Kier alpha value is -1.14. The van der Waals surface area contributed by atoms with E-state index in [1.165, 1.54) is 0 Å². The minimum Gasteiger partial charge on any atom is -0.369 e. The third kappa shape index (κ3) is 4.04. The predicted molar refractivity (Wildman–Crippen MR) is 86.2 cm³/mol. The fourth-order valence-corrected chi connectivity index (χ4v) is 3.20. The van der Waals surface area contributed by atoms with Gasteiger partial charge in [-0.2, -0.15) is 0 Å². The van der Waals surface area contributed by atoms with Crippen molar-refractivity contribution in [2.75, 3.05) is 26.4 Å². The van der Waals surface area contributed by atoms with E-state index in [-0.39, 0.29) is 24.5 Å². The van der Waals surface area contributed by atoms with Crippen LogP contribution in [0.25, 0.3) is 0 Å². The molecule has 6 heteroatoms. The van der Waals surface area contributed by atoms with Crippen LogP contribution >= 0.6 is 11.6 Å². The number of amides is 1. The minimum atomic E-state index is -0.426. The van der Waals surface area contributed by atoms with E-state index in [4.69, 9.17) is 25.8 Å². The van der Waals surface area contributed by atoms with Gasteiger partial charge in [0.05, 0.1) is 38.8 Å². The molecule has 0 aromatic heterocycles. The largest absolute Gasteiger partial charge is 0.369 e. The highest BCUT2D eigenvalue weighted by Gasteiger charge is 2.32. The molecule has 1 amide bonds. The lowest BCUT2D eigenvalue weighted by atomic mass is 10.1. The number of carbonyl (C=O) groups is 1. The van der Waals surface area contributed by atoms with Gasteiger partial charge in [0.1, 0.15) is 6.10 Å². The number of halogens is 1. The van der Waals surface area contributed by atoms with Crippen LogP contribution in [-0.2, 0) is 19.0 Å². The Balaban J connectivity index is 1.65. The molecule has 0 N–H and O–H groups in total. The van der Waals surface area contributed by atoms with Crippen molar-refractivity contribution < 1.29 is 19.0 Å². The van der Waals surface area contributed by atoms with Crippen LogP contribution in [0.5, 0.6) is 0 Å². The van der Waals surface area contributed by atoms with Gasteiger partial charge in [0.15, 0.2) is 6.29 Å². The number of ether oxygens (including phenoxy) is 3. The molecule has 1 aromatic carbocycles. The number of hydrogen-bond acceptors (Lipinski definition) is 4. The van der Waals surface area contributed by atoms with Crippen LogP contribution in [0.3, 0.4) is 0 Å². The van der Waals surface area contributed by atoms with E-state index in [0.29, 0.717) is 31.4 Å². The zero-order valence-electron chi connectivity index (χ0n) is 13.2. The monoisotopic (exact) mass is 339 g/mol. The molecule has 1 aromatic rings. The summed E-state index contributed by atoms with van der Waals surface area (Å²) in [6.07, 6.45) is 0.509. The van der Waals surface area contributed by atoms with Crippen LogP contribution in [0.15, 0.2) is 24.3 Å². The molecular formula is C17H22ClNO4. The average molecular weight is 340 g/mol. The summed E-state index contributed by atoms with van der Waals surface area (Å²) in [5.41, 5.74) is 0.920. The number of carbonyl (C=O) groups excluding carboxylic acids is 1. The van der Waals surface area contributed by atoms with Crippen LogP contribution in [0.1, 0.15) is 31.4 Å². The summed E-state index contributed by atoms with van der Waals surface area (Å²) in [6.45, 7) is 4.28. The molecular weight excluding hydrogens is 318 g/mol. The van der Waals surface area contributed by atoms with Gasteiger partial charge >= 0.3 is 0 Å². The highest BCUT2D eigenvalue weighted by Crippen LogP contribution is 2.30. The van der Waals surface area contributed by atoms with Gasteiger partial charge in [0.2, 0.25) is 5.91 Å². The Labute approximate surface area is 141 Å². The molecule has 2 saturated heterocycles. The van der Waals surface area contributed by atoms with Gasteiger partial charge in [0.25, 0.3) is 0 Å². The maximum atomic E-state index is 12.6. The maximum absolute atomic E-state index is 12.6. The number of nitrogens with zero attached hydrogens (tertiary/aromatic N) is 1. The van der Waals surface area contributed by atoms with Crippen molar-refractivity contribution in [2.24, 2.45) is 0 Å². The Morgan fingerprint density at radius 3 is 2.74 bits per heavy atom. The Morgan fingerprint density at radius 2 is 2.00 bits per heavy atom. The molecule has 2 aliphatic heterocycles. The smallest absolute Gasteiger partial charge is 0.228 e. The second kappa shape index (κ2) is 7.62. The first-order valence-electron chi connectivity index (χ1n) is 8.04. The average Bonchev–Trinajstić information content (AvgIpc) is 2.57. The molecule has 3 rings (SSSR count). The molecule has 0 bridgehead atoms. The third-order valence-corrected chi connectivity index (χ3v) is 4.59. The summed E-state index contributed by atoms with van der Waals surface area (Å²) < 4.78 is 16.9. The van der Waals surface area contributed by atoms with E-state index in [1.54, 1.807) is 0 Å².